The Hall–Kier alpha value is -1.77. The van der Waals surface area contributed by atoms with Crippen molar-refractivity contribution in [3.05, 3.63) is 47.3 Å². The van der Waals surface area contributed by atoms with Gasteiger partial charge in [0, 0.05) is 12.6 Å². The molecule has 1 heterocycles. The summed E-state index contributed by atoms with van der Waals surface area (Å²) in [6.45, 7) is 11.8. The topological polar surface area (TPSA) is 29.9 Å². The molecular formula is C18H27N3. The molecule has 0 aliphatic rings. The molecule has 0 aliphatic carbocycles. The molecule has 1 atom stereocenters. The summed E-state index contributed by atoms with van der Waals surface area (Å²) in [6.07, 6.45) is 1.12. The average Bonchev–Trinajstić information content (AvgIpc) is 2.76. The highest BCUT2D eigenvalue weighted by Crippen LogP contribution is 2.24. The Balaban J connectivity index is 1.95. The first kappa shape index (κ1) is 15.6. The summed E-state index contributed by atoms with van der Waals surface area (Å²) in [6, 6.07) is 11.1. The Bertz CT molecular complexity index is 570. The van der Waals surface area contributed by atoms with E-state index in [-0.39, 0.29) is 0 Å². The van der Waals surface area contributed by atoms with E-state index in [2.05, 4.69) is 80.0 Å². The normalized spacial score (nSPS) is 12.7. The van der Waals surface area contributed by atoms with Gasteiger partial charge in [0.05, 0.1) is 17.1 Å². The van der Waals surface area contributed by atoms with Crippen LogP contribution in [-0.4, -0.2) is 16.3 Å². The monoisotopic (exact) mass is 285 g/mol. The molecule has 0 spiro atoms. The predicted octanol–water partition coefficient (Wildman–Crippen LogP) is 4.69. The lowest BCUT2D eigenvalue weighted by Crippen LogP contribution is -2.08. The molecule has 3 heteroatoms. The Morgan fingerprint density at radius 3 is 2.33 bits per heavy atom. The molecule has 0 saturated carbocycles. The number of hydrogen-bond acceptors (Lipinski definition) is 2. The van der Waals surface area contributed by atoms with Crippen LogP contribution in [0.1, 0.15) is 56.1 Å². The quantitative estimate of drug-likeness (QED) is 0.834. The molecule has 2 rings (SSSR count). The maximum atomic E-state index is 4.62. The summed E-state index contributed by atoms with van der Waals surface area (Å²) in [5.74, 6) is 0.569. The molecule has 1 unspecified atom stereocenters. The van der Waals surface area contributed by atoms with Gasteiger partial charge in [0.1, 0.15) is 0 Å². The molecule has 0 fully saturated rings. The molecule has 114 valence electrons. The van der Waals surface area contributed by atoms with E-state index in [1.54, 1.807) is 0 Å². The Labute approximate surface area is 128 Å². The van der Waals surface area contributed by atoms with Crippen molar-refractivity contribution in [3.63, 3.8) is 0 Å². The molecule has 1 aromatic heterocycles. The van der Waals surface area contributed by atoms with Crippen molar-refractivity contribution in [1.29, 1.82) is 0 Å². The van der Waals surface area contributed by atoms with E-state index >= 15 is 0 Å². The second-order valence-electron chi connectivity index (χ2n) is 6.11. The van der Waals surface area contributed by atoms with Crippen LogP contribution < -0.4 is 5.32 Å². The Morgan fingerprint density at radius 1 is 1.10 bits per heavy atom. The van der Waals surface area contributed by atoms with Crippen molar-refractivity contribution in [3.8, 4) is 0 Å². The number of rotatable bonds is 6. The van der Waals surface area contributed by atoms with Crippen LogP contribution in [0.4, 0.5) is 5.69 Å². The zero-order chi connectivity index (χ0) is 15.4. The van der Waals surface area contributed by atoms with Crippen LogP contribution in [0, 0.1) is 13.8 Å². The Kier molecular flexibility index (Phi) is 5.05. The van der Waals surface area contributed by atoms with Gasteiger partial charge in [0.15, 0.2) is 0 Å². The van der Waals surface area contributed by atoms with E-state index in [1.165, 1.54) is 16.9 Å². The first-order valence-corrected chi connectivity index (χ1v) is 7.85. The fourth-order valence-corrected chi connectivity index (χ4v) is 2.78. The fourth-order valence-electron chi connectivity index (χ4n) is 2.78. The van der Waals surface area contributed by atoms with Gasteiger partial charge in [0.25, 0.3) is 0 Å². The standard InChI is InChI=1S/C18H27N3/c1-13(2)21-16(5)18(15(4)20-21)19-12-11-14(3)17-9-7-6-8-10-17/h6-10,13-14,19H,11-12H2,1-5H3. The van der Waals surface area contributed by atoms with E-state index in [0.29, 0.717) is 12.0 Å². The van der Waals surface area contributed by atoms with Crippen LogP contribution in [-0.2, 0) is 0 Å². The van der Waals surface area contributed by atoms with E-state index in [4.69, 9.17) is 0 Å². The Morgan fingerprint density at radius 2 is 1.76 bits per heavy atom. The van der Waals surface area contributed by atoms with Gasteiger partial charge in [-0.25, -0.2) is 0 Å². The maximum Gasteiger partial charge on any atom is 0.0828 e. The molecule has 3 nitrogen and oxygen atoms in total. The molecule has 0 bridgehead atoms. The van der Waals surface area contributed by atoms with Gasteiger partial charge in [-0.1, -0.05) is 37.3 Å². The van der Waals surface area contributed by atoms with Crippen LogP contribution in [0.2, 0.25) is 0 Å². The number of nitrogens with one attached hydrogen (secondary N) is 1. The average molecular weight is 285 g/mol. The maximum absolute atomic E-state index is 4.62. The molecule has 0 amide bonds. The fraction of sp³-hybridized carbons (Fsp3) is 0.500. The lowest BCUT2D eigenvalue weighted by atomic mass is 9.98. The van der Waals surface area contributed by atoms with Gasteiger partial charge >= 0.3 is 0 Å². The van der Waals surface area contributed by atoms with Crippen LogP contribution >= 0.6 is 0 Å². The number of anilines is 1. The van der Waals surface area contributed by atoms with Gasteiger partial charge in [-0.05, 0) is 45.6 Å². The number of nitrogens with zero attached hydrogens (tertiary/aromatic N) is 2. The second kappa shape index (κ2) is 6.79. The van der Waals surface area contributed by atoms with Gasteiger partial charge in [-0.15, -0.1) is 0 Å². The van der Waals surface area contributed by atoms with Crippen LogP contribution in [0.15, 0.2) is 30.3 Å². The molecule has 0 radical (unpaired) electrons. The molecule has 1 aromatic carbocycles. The highest BCUT2D eigenvalue weighted by atomic mass is 15.3. The SMILES string of the molecule is Cc1nn(C(C)C)c(C)c1NCCC(C)c1ccccc1. The largest absolute Gasteiger partial charge is 0.382 e. The van der Waals surface area contributed by atoms with Gasteiger partial charge in [0.2, 0.25) is 0 Å². The minimum absolute atomic E-state index is 0.405. The summed E-state index contributed by atoms with van der Waals surface area (Å²) >= 11 is 0. The molecule has 0 saturated heterocycles. The van der Waals surface area contributed by atoms with Gasteiger partial charge in [-0.3, -0.25) is 4.68 Å². The van der Waals surface area contributed by atoms with Crippen LogP contribution in [0.25, 0.3) is 0 Å². The van der Waals surface area contributed by atoms with Crippen molar-refractivity contribution in [2.45, 2.75) is 53.0 Å². The van der Waals surface area contributed by atoms with Crippen molar-refractivity contribution < 1.29 is 0 Å². The lowest BCUT2D eigenvalue weighted by molar-refractivity contribution is 0.516. The second-order valence-corrected chi connectivity index (χ2v) is 6.11. The zero-order valence-corrected chi connectivity index (χ0v) is 13.9. The minimum atomic E-state index is 0.405. The third kappa shape index (κ3) is 3.66. The third-order valence-electron chi connectivity index (χ3n) is 4.06. The first-order chi connectivity index (χ1) is 10.0. The molecule has 2 aromatic rings. The van der Waals surface area contributed by atoms with Crippen molar-refractivity contribution in [2.75, 3.05) is 11.9 Å². The van der Waals surface area contributed by atoms with Gasteiger partial charge in [-0.2, -0.15) is 5.10 Å². The third-order valence-corrected chi connectivity index (χ3v) is 4.06. The molecule has 0 aliphatic heterocycles. The number of benzene rings is 1. The minimum Gasteiger partial charge on any atom is -0.382 e. The number of hydrogen-bond donors (Lipinski definition) is 1. The zero-order valence-electron chi connectivity index (χ0n) is 13.9. The van der Waals surface area contributed by atoms with Crippen LogP contribution in [0.5, 0.6) is 0 Å². The van der Waals surface area contributed by atoms with Crippen molar-refractivity contribution in [2.24, 2.45) is 0 Å². The van der Waals surface area contributed by atoms with Gasteiger partial charge < -0.3 is 5.32 Å². The summed E-state index contributed by atoms with van der Waals surface area (Å²) in [5.41, 5.74) is 4.93. The first-order valence-electron chi connectivity index (χ1n) is 7.85. The lowest BCUT2D eigenvalue weighted by Gasteiger charge is -2.14. The van der Waals surface area contributed by atoms with Crippen LogP contribution in [0.3, 0.4) is 0 Å². The van der Waals surface area contributed by atoms with Crippen molar-refractivity contribution in [1.82, 2.24) is 9.78 Å². The van der Waals surface area contributed by atoms with E-state index in [9.17, 15) is 0 Å². The highest BCUT2D eigenvalue weighted by molar-refractivity contribution is 5.52. The summed E-state index contributed by atoms with van der Waals surface area (Å²) in [4.78, 5) is 0. The van der Waals surface area contributed by atoms with Crippen molar-refractivity contribution >= 4 is 5.69 Å². The number of aromatic nitrogens is 2. The summed E-state index contributed by atoms with van der Waals surface area (Å²) in [7, 11) is 0. The summed E-state index contributed by atoms with van der Waals surface area (Å²) < 4.78 is 2.10. The summed E-state index contributed by atoms with van der Waals surface area (Å²) in [5, 5.41) is 8.19. The smallest absolute Gasteiger partial charge is 0.0828 e. The molecule has 21 heavy (non-hydrogen) atoms. The molecular weight excluding hydrogens is 258 g/mol. The number of aryl methyl sites for hydroxylation is 1. The molecule has 1 N–H and O–H groups in total. The van der Waals surface area contributed by atoms with E-state index < -0.39 is 0 Å². The van der Waals surface area contributed by atoms with E-state index in [0.717, 1.165) is 18.7 Å². The van der Waals surface area contributed by atoms with E-state index in [1.807, 2.05) is 0 Å². The highest BCUT2D eigenvalue weighted by Gasteiger charge is 2.13. The predicted molar refractivity (Wildman–Crippen MR) is 90.0 cm³/mol.